The summed E-state index contributed by atoms with van der Waals surface area (Å²) in [5, 5.41) is 8.96. The fraction of sp³-hybridized carbons (Fsp3) is 0.529. The van der Waals surface area contributed by atoms with Crippen molar-refractivity contribution in [1.82, 2.24) is 4.90 Å². The van der Waals surface area contributed by atoms with Gasteiger partial charge in [0.25, 0.3) is 5.91 Å². The number of methoxy groups -OCH3 is 1. The Morgan fingerprint density at radius 3 is 2.09 bits per heavy atom. The first-order valence-corrected chi connectivity index (χ1v) is 7.52. The maximum absolute atomic E-state index is 12.1. The Hall–Kier alpha value is -1.88. The summed E-state index contributed by atoms with van der Waals surface area (Å²) in [4.78, 5) is 24.8. The molecule has 1 aliphatic rings. The van der Waals surface area contributed by atoms with Crippen LogP contribution in [0.5, 0.6) is 0 Å². The number of hydrogen-bond donors (Lipinski definition) is 1. The first-order valence-electron chi connectivity index (χ1n) is 7.52. The van der Waals surface area contributed by atoms with Gasteiger partial charge in [-0.1, -0.05) is 0 Å². The highest BCUT2D eigenvalue weighted by Gasteiger charge is 2.20. The molecule has 5 nitrogen and oxygen atoms in total. The van der Waals surface area contributed by atoms with E-state index in [1.54, 1.807) is 31.1 Å². The molecular weight excluding hydrogens is 282 g/mol. The zero-order valence-corrected chi connectivity index (χ0v) is 13.8. The molecule has 1 heterocycles. The number of ether oxygens (including phenoxy) is 1. The molecule has 0 aliphatic carbocycles. The minimum Gasteiger partial charge on any atom is -0.478 e. The molecule has 0 unspecified atom stereocenters. The van der Waals surface area contributed by atoms with E-state index in [0.717, 1.165) is 31.5 Å². The standard InChI is InChI=1S/C13H15NO3.C4H10O/c1-9-6-10(8-11(7-9)13(16)17)12(15)14-4-2-3-5-14;1-4(2)5-3/h6-8H,2-5H2,1H3,(H,16,17);4H,1-3H3. The van der Waals surface area contributed by atoms with Gasteiger partial charge in [-0.05, 0) is 57.4 Å². The first-order chi connectivity index (χ1) is 10.3. The monoisotopic (exact) mass is 307 g/mol. The van der Waals surface area contributed by atoms with E-state index in [2.05, 4.69) is 0 Å². The predicted molar refractivity (Wildman–Crippen MR) is 85.4 cm³/mol. The van der Waals surface area contributed by atoms with Crippen molar-refractivity contribution >= 4 is 11.9 Å². The molecule has 0 spiro atoms. The number of likely N-dealkylation sites (tertiary alicyclic amines) is 1. The lowest BCUT2D eigenvalue weighted by molar-refractivity contribution is 0.0696. The molecule has 0 atom stereocenters. The molecule has 2 rings (SSSR count). The lowest BCUT2D eigenvalue weighted by Gasteiger charge is -2.15. The van der Waals surface area contributed by atoms with Gasteiger partial charge in [-0.15, -0.1) is 0 Å². The van der Waals surface area contributed by atoms with Crippen LogP contribution in [0.3, 0.4) is 0 Å². The average Bonchev–Trinajstić information content (AvgIpc) is 3.00. The van der Waals surface area contributed by atoms with Gasteiger partial charge in [0, 0.05) is 25.8 Å². The highest BCUT2D eigenvalue weighted by molar-refractivity contribution is 5.97. The lowest BCUT2D eigenvalue weighted by Crippen LogP contribution is -2.27. The molecule has 1 fully saturated rings. The van der Waals surface area contributed by atoms with E-state index in [1.807, 2.05) is 13.8 Å². The molecule has 122 valence electrons. The van der Waals surface area contributed by atoms with Crippen LogP contribution in [0.1, 0.15) is 53.0 Å². The third-order valence-corrected chi connectivity index (χ3v) is 3.44. The van der Waals surface area contributed by atoms with Crippen LogP contribution < -0.4 is 0 Å². The normalized spacial score (nSPS) is 13.8. The number of aromatic carboxylic acids is 1. The topological polar surface area (TPSA) is 66.8 Å². The highest BCUT2D eigenvalue weighted by atomic mass is 16.5. The minimum absolute atomic E-state index is 0.0614. The van der Waals surface area contributed by atoms with Crippen LogP contribution in [0.25, 0.3) is 0 Å². The quantitative estimate of drug-likeness (QED) is 0.932. The molecule has 0 aromatic heterocycles. The summed E-state index contributed by atoms with van der Waals surface area (Å²) in [5.41, 5.74) is 1.45. The third-order valence-electron chi connectivity index (χ3n) is 3.44. The van der Waals surface area contributed by atoms with Crippen LogP contribution in [0.4, 0.5) is 0 Å². The van der Waals surface area contributed by atoms with Crippen LogP contribution in [-0.4, -0.2) is 48.2 Å². The van der Waals surface area contributed by atoms with Crippen molar-refractivity contribution in [3.8, 4) is 0 Å². The second-order valence-corrected chi connectivity index (χ2v) is 5.68. The largest absolute Gasteiger partial charge is 0.478 e. The number of carbonyl (C=O) groups is 2. The number of rotatable bonds is 3. The smallest absolute Gasteiger partial charge is 0.335 e. The van der Waals surface area contributed by atoms with Gasteiger partial charge < -0.3 is 14.7 Å². The summed E-state index contributed by atoms with van der Waals surface area (Å²) in [6.07, 6.45) is 2.45. The molecule has 22 heavy (non-hydrogen) atoms. The summed E-state index contributed by atoms with van der Waals surface area (Å²) < 4.78 is 4.75. The molecule has 1 N–H and O–H groups in total. The average molecular weight is 307 g/mol. The van der Waals surface area contributed by atoms with Gasteiger partial charge >= 0.3 is 5.97 Å². The summed E-state index contributed by atoms with van der Waals surface area (Å²) in [6.45, 7) is 7.34. The zero-order chi connectivity index (χ0) is 16.7. The number of carboxylic acids is 1. The van der Waals surface area contributed by atoms with Gasteiger partial charge in [0.1, 0.15) is 0 Å². The Bertz CT molecular complexity index is 519. The van der Waals surface area contributed by atoms with Crippen molar-refractivity contribution in [3.63, 3.8) is 0 Å². The zero-order valence-electron chi connectivity index (χ0n) is 13.8. The van der Waals surface area contributed by atoms with Gasteiger partial charge in [-0.2, -0.15) is 0 Å². The molecule has 5 heteroatoms. The Balaban J connectivity index is 0.000000422. The number of carboxylic acid groups (broad SMARTS) is 1. The second-order valence-electron chi connectivity index (χ2n) is 5.68. The summed E-state index contributed by atoms with van der Waals surface area (Å²) >= 11 is 0. The number of aryl methyl sites for hydroxylation is 1. The van der Waals surface area contributed by atoms with E-state index < -0.39 is 5.97 Å². The van der Waals surface area contributed by atoms with Crippen LogP contribution in [0, 0.1) is 6.92 Å². The number of carbonyl (C=O) groups excluding carboxylic acids is 1. The van der Waals surface area contributed by atoms with Crippen molar-refractivity contribution in [2.45, 2.75) is 39.7 Å². The van der Waals surface area contributed by atoms with E-state index in [4.69, 9.17) is 9.84 Å². The minimum atomic E-state index is -0.996. The number of nitrogens with zero attached hydrogens (tertiary/aromatic N) is 1. The van der Waals surface area contributed by atoms with Crippen molar-refractivity contribution in [2.24, 2.45) is 0 Å². The molecule has 1 amide bonds. The molecule has 0 radical (unpaired) electrons. The second kappa shape index (κ2) is 8.54. The SMILES string of the molecule is COC(C)C.Cc1cc(C(=O)O)cc(C(=O)N2CCCC2)c1. The van der Waals surface area contributed by atoms with Gasteiger partial charge in [0.15, 0.2) is 0 Å². The molecule has 1 aliphatic heterocycles. The van der Waals surface area contributed by atoms with Crippen molar-refractivity contribution in [2.75, 3.05) is 20.2 Å². The van der Waals surface area contributed by atoms with Crippen molar-refractivity contribution in [1.29, 1.82) is 0 Å². The predicted octanol–water partition coefficient (Wildman–Crippen LogP) is 2.97. The van der Waals surface area contributed by atoms with Gasteiger partial charge in [-0.3, -0.25) is 4.79 Å². The van der Waals surface area contributed by atoms with Crippen LogP contribution in [0.15, 0.2) is 18.2 Å². The molecule has 1 aromatic rings. The summed E-state index contributed by atoms with van der Waals surface area (Å²) in [7, 11) is 1.70. The third kappa shape index (κ3) is 5.48. The highest BCUT2D eigenvalue weighted by Crippen LogP contribution is 2.16. The van der Waals surface area contributed by atoms with E-state index >= 15 is 0 Å². The number of hydrogen-bond acceptors (Lipinski definition) is 3. The Labute approximate surface area is 131 Å². The van der Waals surface area contributed by atoms with E-state index in [9.17, 15) is 9.59 Å². The van der Waals surface area contributed by atoms with Gasteiger partial charge in [-0.25, -0.2) is 4.79 Å². The Kier molecular flexibility index (Phi) is 7.05. The Morgan fingerprint density at radius 1 is 1.14 bits per heavy atom. The van der Waals surface area contributed by atoms with Gasteiger partial charge in [0.05, 0.1) is 11.7 Å². The van der Waals surface area contributed by atoms with Crippen molar-refractivity contribution < 1.29 is 19.4 Å². The van der Waals surface area contributed by atoms with Crippen molar-refractivity contribution in [3.05, 3.63) is 34.9 Å². The van der Waals surface area contributed by atoms with E-state index in [0.29, 0.717) is 11.7 Å². The van der Waals surface area contributed by atoms with Crippen LogP contribution in [-0.2, 0) is 4.74 Å². The fourth-order valence-electron chi connectivity index (χ4n) is 2.13. The molecule has 0 saturated carbocycles. The summed E-state index contributed by atoms with van der Waals surface area (Å²) in [5.74, 6) is -1.06. The summed E-state index contributed by atoms with van der Waals surface area (Å²) in [6, 6.07) is 4.77. The molecule has 0 bridgehead atoms. The van der Waals surface area contributed by atoms with Crippen LogP contribution >= 0.6 is 0 Å². The lowest BCUT2D eigenvalue weighted by atomic mass is 10.1. The number of amides is 1. The maximum Gasteiger partial charge on any atom is 0.335 e. The number of benzene rings is 1. The molecule has 1 saturated heterocycles. The van der Waals surface area contributed by atoms with Crippen LogP contribution in [0.2, 0.25) is 0 Å². The fourth-order valence-corrected chi connectivity index (χ4v) is 2.13. The first kappa shape index (κ1) is 18.2. The molecule has 1 aromatic carbocycles. The molecular formula is C17H25NO4. The van der Waals surface area contributed by atoms with Gasteiger partial charge in [0.2, 0.25) is 0 Å². The van der Waals surface area contributed by atoms with E-state index in [1.165, 1.54) is 6.07 Å². The van der Waals surface area contributed by atoms with E-state index in [-0.39, 0.29) is 11.5 Å². The Morgan fingerprint density at radius 2 is 1.64 bits per heavy atom. The maximum atomic E-state index is 12.1.